The van der Waals surface area contributed by atoms with Gasteiger partial charge in [-0.1, -0.05) is 30.3 Å². The fraction of sp³-hybridized carbons (Fsp3) is 0.273. The third kappa shape index (κ3) is 3.52. The summed E-state index contributed by atoms with van der Waals surface area (Å²) < 4.78 is 0. The molecular weight excluding hydrogens is 194 g/mol. The first-order valence-corrected chi connectivity index (χ1v) is 4.65. The highest BCUT2D eigenvalue weighted by molar-refractivity contribution is 5.99. The van der Waals surface area contributed by atoms with E-state index in [0.717, 1.165) is 0 Å². The maximum atomic E-state index is 11.7. The smallest absolute Gasteiger partial charge is 0.317 e. The number of nitrogens with one attached hydrogen (secondary N) is 1. The van der Waals surface area contributed by atoms with E-state index in [2.05, 4.69) is 5.32 Å². The molecule has 0 amide bonds. The van der Waals surface area contributed by atoms with Crippen molar-refractivity contribution in [1.82, 2.24) is 5.32 Å². The van der Waals surface area contributed by atoms with Gasteiger partial charge >= 0.3 is 5.97 Å². The molecule has 0 aromatic heterocycles. The van der Waals surface area contributed by atoms with Gasteiger partial charge in [-0.2, -0.15) is 0 Å². The second-order valence-electron chi connectivity index (χ2n) is 3.23. The van der Waals surface area contributed by atoms with Crippen molar-refractivity contribution in [2.45, 2.75) is 13.0 Å². The topological polar surface area (TPSA) is 66.4 Å². The van der Waals surface area contributed by atoms with E-state index in [1.807, 2.05) is 6.07 Å². The first-order valence-electron chi connectivity index (χ1n) is 4.65. The molecule has 0 saturated heterocycles. The van der Waals surface area contributed by atoms with Crippen LogP contribution in [0.5, 0.6) is 0 Å². The van der Waals surface area contributed by atoms with Crippen LogP contribution in [0.4, 0.5) is 0 Å². The Labute approximate surface area is 87.9 Å². The van der Waals surface area contributed by atoms with Gasteiger partial charge in [0.25, 0.3) is 0 Å². The van der Waals surface area contributed by atoms with Gasteiger partial charge in [0.15, 0.2) is 5.78 Å². The molecule has 1 aromatic rings. The number of benzene rings is 1. The van der Waals surface area contributed by atoms with Crippen molar-refractivity contribution in [1.29, 1.82) is 0 Å². The van der Waals surface area contributed by atoms with Crippen molar-refractivity contribution in [3.05, 3.63) is 35.9 Å². The average molecular weight is 207 g/mol. The number of hydrogen-bond donors (Lipinski definition) is 2. The summed E-state index contributed by atoms with van der Waals surface area (Å²) in [6, 6.07) is 8.31. The van der Waals surface area contributed by atoms with Gasteiger partial charge in [-0.05, 0) is 6.92 Å². The second-order valence-corrected chi connectivity index (χ2v) is 3.23. The van der Waals surface area contributed by atoms with Crippen LogP contribution in [-0.2, 0) is 4.79 Å². The molecule has 4 nitrogen and oxygen atoms in total. The highest BCUT2D eigenvalue weighted by Crippen LogP contribution is 2.02. The number of carboxylic acids is 1. The minimum atomic E-state index is -0.970. The minimum absolute atomic E-state index is 0.100. The molecule has 0 aliphatic carbocycles. The van der Waals surface area contributed by atoms with Crippen molar-refractivity contribution in [3.8, 4) is 0 Å². The normalized spacial score (nSPS) is 12.1. The van der Waals surface area contributed by atoms with Crippen molar-refractivity contribution < 1.29 is 14.7 Å². The summed E-state index contributed by atoms with van der Waals surface area (Å²) in [5, 5.41) is 11.1. The van der Waals surface area contributed by atoms with Gasteiger partial charge in [0, 0.05) is 5.56 Å². The van der Waals surface area contributed by atoms with E-state index < -0.39 is 12.0 Å². The summed E-state index contributed by atoms with van der Waals surface area (Å²) >= 11 is 0. The Balaban J connectivity index is 2.57. The third-order valence-corrected chi connectivity index (χ3v) is 2.01. The number of rotatable bonds is 5. The first kappa shape index (κ1) is 11.4. The van der Waals surface area contributed by atoms with Crippen LogP contribution in [0, 0.1) is 0 Å². The van der Waals surface area contributed by atoms with E-state index >= 15 is 0 Å². The molecule has 0 fully saturated rings. The SMILES string of the molecule is C[C@H](NCC(=O)O)C(=O)c1ccccc1. The monoisotopic (exact) mass is 207 g/mol. The fourth-order valence-electron chi connectivity index (χ4n) is 1.19. The lowest BCUT2D eigenvalue weighted by atomic mass is 10.1. The Bertz CT molecular complexity index is 348. The van der Waals surface area contributed by atoms with Crippen LogP contribution < -0.4 is 5.32 Å². The lowest BCUT2D eigenvalue weighted by molar-refractivity contribution is -0.136. The Morgan fingerprint density at radius 2 is 1.93 bits per heavy atom. The number of carbonyl (C=O) groups excluding carboxylic acids is 1. The molecule has 0 unspecified atom stereocenters. The molecule has 0 aliphatic rings. The second kappa shape index (κ2) is 5.26. The van der Waals surface area contributed by atoms with Gasteiger partial charge in [0.05, 0.1) is 12.6 Å². The molecule has 0 saturated carbocycles. The Hall–Kier alpha value is -1.68. The molecule has 4 heteroatoms. The molecule has 0 bridgehead atoms. The Morgan fingerprint density at radius 1 is 1.33 bits per heavy atom. The highest BCUT2D eigenvalue weighted by atomic mass is 16.4. The molecule has 0 radical (unpaired) electrons. The lowest BCUT2D eigenvalue weighted by Gasteiger charge is -2.10. The molecule has 0 spiro atoms. The number of ketones is 1. The van der Waals surface area contributed by atoms with Crippen LogP contribution in [0.3, 0.4) is 0 Å². The molecular formula is C11H13NO3. The summed E-state index contributed by atoms with van der Waals surface area (Å²) in [7, 11) is 0. The molecule has 80 valence electrons. The van der Waals surface area contributed by atoms with Gasteiger partial charge in [-0.25, -0.2) is 0 Å². The van der Waals surface area contributed by atoms with E-state index in [1.165, 1.54) is 0 Å². The number of aliphatic carboxylic acids is 1. The van der Waals surface area contributed by atoms with Gasteiger partial charge in [-0.15, -0.1) is 0 Å². The van der Waals surface area contributed by atoms with Crippen molar-refractivity contribution in [3.63, 3.8) is 0 Å². The predicted molar refractivity (Wildman–Crippen MR) is 55.9 cm³/mol. The molecule has 1 rings (SSSR count). The van der Waals surface area contributed by atoms with Crippen molar-refractivity contribution in [2.75, 3.05) is 6.54 Å². The number of carbonyl (C=O) groups is 2. The molecule has 1 aromatic carbocycles. The van der Waals surface area contributed by atoms with Crippen molar-refractivity contribution >= 4 is 11.8 Å². The fourth-order valence-corrected chi connectivity index (χ4v) is 1.19. The van der Waals surface area contributed by atoms with Gasteiger partial charge < -0.3 is 5.11 Å². The zero-order valence-corrected chi connectivity index (χ0v) is 8.43. The Kier molecular flexibility index (Phi) is 4.00. The highest BCUT2D eigenvalue weighted by Gasteiger charge is 2.14. The number of Topliss-reactive ketones (excluding diaryl/α,β-unsaturated/α-hetero) is 1. The van der Waals surface area contributed by atoms with Gasteiger partial charge in [0.2, 0.25) is 0 Å². The third-order valence-electron chi connectivity index (χ3n) is 2.01. The zero-order valence-electron chi connectivity index (χ0n) is 8.43. The first-order chi connectivity index (χ1) is 7.11. The Morgan fingerprint density at radius 3 is 2.47 bits per heavy atom. The van der Waals surface area contributed by atoms with Crippen LogP contribution in [0.1, 0.15) is 17.3 Å². The maximum absolute atomic E-state index is 11.7. The van der Waals surface area contributed by atoms with Gasteiger partial charge in [-0.3, -0.25) is 14.9 Å². The van der Waals surface area contributed by atoms with E-state index in [4.69, 9.17) is 5.11 Å². The van der Waals surface area contributed by atoms with E-state index in [-0.39, 0.29) is 12.3 Å². The van der Waals surface area contributed by atoms with Crippen LogP contribution in [0.15, 0.2) is 30.3 Å². The predicted octanol–water partition coefficient (Wildman–Crippen LogP) is 0.932. The molecule has 2 N–H and O–H groups in total. The van der Waals surface area contributed by atoms with Crippen LogP contribution in [0.25, 0.3) is 0 Å². The summed E-state index contributed by atoms with van der Waals surface area (Å²) in [4.78, 5) is 22.0. The summed E-state index contributed by atoms with van der Waals surface area (Å²) in [6.45, 7) is 1.44. The van der Waals surface area contributed by atoms with Gasteiger partial charge in [0.1, 0.15) is 0 Å². The molecule has 1 atom stereocenters. The summed E-state index contributed by atoms with van der Waals surface area (Å²) in [5.74, 6) is -1.07. The molecule has 0 heterocycles. The van der Waals surface area contributed by atoms with Crippen molar-refractivity contribution in [2.24, 2.45) is 0 Å². The largest absolute Gasteiger partial charge is 0.480 e. The van der Waals surface area contributed by atoms with E-state index in [9.17, 15) is 9.59 Å². The van der Waals surface area contributed by atoms with Crippen LogP contribution >= 0.6 is 0 Å². The summed E-state index contributed by atoms with van der Waals surface area (Å²) in [6.07, 6.45) is 0. The van der Waals surface area contributed by atoms with E-state index in [0.29, 0.717) is 5.56 Å². The zero-order chi connectivity index (χ0) is 11.3. The van der Waals surface area contributed by atoms with Crippen LogP contribution in [-0.4, -0.2) is 29.4 Å². The molecule has 15 heavy (non-hydrogen) atoms. The standard InChI is InChI=1S/C11H13NO3/c1-8(12-7-10(13)14)11(15)9-5-3-2-4-6-9/h2-6,8,12H,7H2,1H3,(H,13,14)/t8-/m0/s1. The maximum Gasteiger partial charge on any atom is 0.317 e. The van der Waals surface area contributed by atoms with E-state index in [1.54, 1.807) is 31.2 Å². The minimum Gasteiger partial charge on any atom is -0.480 e. The quantitative estimate of drug-likeness (QED) is 0.705. The van der Waals surface area contributed by atoms with Crippen LogP contribution in [0.2, 0.25) is 0 Å². The number of hydrogen-bond acceptors (Lipinski definition) is 3. The average Bonchev–Trinajstić information content (AvgIpc) is 2.26. The summed E-state index contributed by atoms with van der Waals surface area (Å²) in [5.41, 5.74) is 0.586. The lowest BCUT2D eigenvalue weighted by Crippen LogP contribution is -2.37. The molecule has 0 aliphatic heterocycles. The number of carboxylic acid groups (broad SMARTS) is 1.